The normalized spacial score (nSPS) is 20.5. The predicted octanol–water partition coefficient (Wildman–Crippen LogP) is 6.23. The largest absolute Gasteiger partial charge is 0.492 e. The summed E-state index contributed by atoms with van der Waals surface area (Å²) in [4.78, 5) is 0. The molecule has 2 heterocycles. The quantitative estimate of drug-likeness (QED) is 0.463. The second kappa shape index (κ2) is 8.11. The van der Waals surface area contributed by atoms with E-state index in [4.69, 9.17) is 9.47 Å². The SMILES string of the molecule is Cc1cc(C(C)(C)c2cc(C)c(OCC3CS3)c(C)c2)cc(C)c1OCC1CS1. The maximum absolute atomic E-state index is 6.13. The fourth-order valence-electron chi connectivity index (χ4n) is 3.93. The molecule has 2 atom stereocenters. The van der Waals surface area contributed by atoms with Crippen LogP contribution < -0.4 is 9.47 Å². The maximum Gasteiger partial charge on any atom is 0.125 e. The monoisotopic (exact) mass is 428 g/mol. The van der Waals surface area contributed by atoms with Gasteiger partial charge in [0.05, 0.1) is 0 Å². The van der Waals surface area contributed by atoms with Gasteiger partial charge < -0.3 is 9.47 Å². The Labute approximate surface area is 184 Å². The van der Waals surface area contributed by atoms with E-state index in [1.54, 1.807) is 0 Å². The standard InChI is InChI=1S/C25H32O2S2/c1-15-7-19(8-16(2)23(15)26-11-21-13-28-21)25(5,6)20-9-17(3)24(18(4)10-20)27-12-22-14-29-22/h7-10,21-22H,11-14H2,1-6H3. The number of rotatable bonds is 8. The van der Waals surface area contributed by atoms with E-state index in [1.807, 2.05) is 23.5 Å². The summed E-state index contributed by atoms with van der Waals surface area (Å²) in [6, 6.07) is 9.23. The molecule has 0 aromatic heterocycles. The van der Waals surface area contributed by atoms with Crippen LogP contribution in [0.1, 0.15) is 47.2 Å². The molecule has 2 saturated heterocycles. The Bertz CT molecular complexity index is 792. The molecular formula is C25H32O2S2. The Morgan fingerprint density at radius 1 is 0.724 bits per heavy atom. The first kappa shape index (κ1) is 21.0. The van der Waals surface area contributed by atoms with Crippen molar-refractivity contribution in [2.45, 2.75) is 57.5 Å². The van der Waals surface area contributed by atoms with Gasteiger partial charge >= 0.3 is 0 Å². The lowest BCUT2D eigenvalue weighted by Gasteiger charge is -2.29. The van der Waals surface area contributed by atoms with Crippen LogP contribution in [0.25, 0.3) is 0 Å². The van der Waals surface area contributed by atoms with Gasteiger partial charge in [-0.3, -0.25) is 0 Å². The molecule has 0 N–H and O–H groups in total. The Kier molecular flexibility index (Phi) is 5.87. The van der Waals surface area contributed by atoms with Gasteiger partial charge in [0, 0.05) is 27.4 Å². The van der Waals surface area contributed by atoms with Crippen molar-refractivity contribution >= 4 is 23.5 Å². The number of ether oxygens (including phenoxy) is 2. The smallest absolute Gasteiger partial charge is 0.125 e. The topological polar surface area (TPSA) is 18.5 Å². The van der Waals surface area contributed by atoms with Gasteiger partial charge in [-0.15, -0.1) is 0 Å². The van der Waals surface area contributed by atoms with Gasteiger partial charge in [-0.2, -0.15) is 23.5 Å². The minimum Gasteiger partial charge on any atom is -0.492 e. The fourth-order valence-corrected chi connectivity index (χ4v) is 4.72. The maximum atomic E-state index is 6.13. The van der Waals surface area contributed by atoms with Crippen LogP contribution in [-0.2, 0) is 5.41 Å². The van der Waals surface area contributed by atoms with E-state index in [1.165, 1.54) is 44.9 Å². The summed E-state index contributed by atoms with van der Waals surface area (Å²) in [7, 11) is 0. The van der Waals surface area contributed by atoms with Crippen LogP contribution in [0.5, 0.6) is 11.5 Å². The molecule has 0 aliphatic carbocycles. The Balaban J connectivity index is 1.59. The highest BCUT2D eigenvalue weighted by molar-refractivity contribution is 8.07. The summed E-state index contributed by atoms with van der Waals surface area (Å²) in [5.74, 6) is 4.60. The molecule has 2 fully saturated rings. The van der Waals surface area contributed by atoms with Crippen molar-refractivity contribution in [1.82, 2.24) is 0 Å². The number of hydrogen-bond acceptors (Lipinski definition) is 4. The zero-order valence-corrected chi connectivity index (χ0v) is 20.1. The van der Waals surface area contributed by atoms with Crippen LogP contribution in [0.3, 0.4) is 0 Å². The molecule has 0 saturated carbocycles. The summed E-state index contributed by atoms with van der Waals surface area (Å²) in [6.07, 6.45) is 0. The second-order valence-electron chi connectivity index (χ2n) is 9.04. The third kappa shape index (κ3) is 4.74. The van der Waals surface area contributed by atoms with Crippen molar-refractivity contribution < 1.29 is 9.47 Å². The highest BCUT2D eigenvalue weighted by atomic mass is 32.2. The second-order valence-corrected chi connectivity index (χ2v) is 11.7. The van der Waals surface area contributed by atoms with Crippen molar-refractivity contribution in [1.29, 1.82) is 0 Å². The van der Waals surface area contributed by atoms with E-state index in [2.05, 4.69) is 65.8 Å². The average Bonchev–Trinajstić information content (AvgIpc) is 3.54. The number of benzene rings is 2. The van der Waals surface area contributed by atoms with Crippen molar-refractivity contribution in [3.63, 3.8) is 0 Å². The van der Waals surface area contributed by atoms with Crippen molar-refractivity contribution in [2.24, 2.45) is 0 Å². The molecule has 0 amide bonds. The molecule has 2 aliphatic rings. The number of aryl methyl sites for hydroxylation is 4. The molecule has 2 aromatic rings. The Hall–Kier alpha value is -1.26. The first-order valence-electron chi connectivity index (χ1n) is 10.5. The molecule has 2 aliphatic heterocycles. The van der Waals surface area contributed by atoms with Gasteiger partial charge in [0.2, 0.25) is 0 Å². The molecule has 2 aromatic carbocycles. The lowest BCUT2D eigenvalue weighted by atomic mass is 9.76. The Morgan fingerprint density at radius 2 is 1.03 bits per heavy atom. The van der Waals surface area contributed by atoms with E-state index >= 15 is 0 Å². The molecule has 156 valence electrons. The van der Waals surface area contributed by atoms with Gasteiger partial charge in [0.1, 0.15) is 24.7 Å². The summed E-state index contributed by atoms with van der Waals surface area (Å²) in [6.45, 7) is 15.0. The highest BCUT2D eigenvalue weighted by Crippen LogP contribution is 2.39. The first-order chi connectivity index (χ1) is 13.8. The molecule has 0 radical (unpaired) electrons. The van der Waals surface area contributed by atoms with Crippen molar-refractivity contribution in [3.8, 4) is 11.5 Å². The van der Waals surface area contributed by atoms with Crippen LogP contribution >= 0.6 is 23.5 Å². The minimum absolute atomic E-state index is 0.0826. The minimum atomic E-state index is -0.0826. The third-order valence-corrected chi connectivity index (χ3v) is 7.88. The first-order valence-corrected chi connectivity index (χ1v) is 12.6. The van der Waals surface area contributed by atoms with E-state index in [-0.39, 0.29) is 5.41 Å². The summed E-state index contributed by atoms with van der Waals surface area (Å²) in [5.41, 5.74) is 7.51. The number of thioether (sulfide) groups is 2. The number of hydrogen-bond donors (Lipinski definition) is 0. The molecule has 0 spiro atoms. The molecule has 4 heteroatoms. The van der Waals surface area contributed by atoms with Crippen LogP contribution in [0.4, 0.5) is 0 Å². The molecule has 4 rings (SSSR count). The lowest BCUT2D eigenvalue weighted by molar-refractivity contribution is 0.325. The highest BCUT2D eigenvalue weighted by Gasteiger charge is 2.28. The third-order valence-electron chi connectivity index (χ3n) is 6.00. The fraction of sp³-hybridized carbons (Fsp3) is 0.520. The average molecular weight is 429 g/mol. The van der Waals surface area contributed by atoms with E-state index in [0.29, 0.717) is 10.5 Å². The van der Waals surface area contributed by atoms with Crippen molar-refractivity contribution in [3.05, 3.63) is 57.6 Å². The van der Waals surface area contributed by atoms with Crippen LogP contribution in [0.15, 0.2) is 24.3 Å². The van der Waals surface area contributed by atoms with Gasteiger partial charge in [0.15, 0.2) is 0 Å². The van der Waals surface area contributed by atoms with E-state index in [0.717, 1.165) is 24.7 Å². The molecule has 0 bridgehead atoms. The van der Waals surface area contributed by atoms with Gasteiger partial charge in [-0.05, 0) is 61.1 Å². The molecular weight excluding hydrogens is 396 g/mol. The predicted molar refractivity (Wildman–Crippen MR) is 127 cm³/mol. The van der Waals surface area contributed by atoms with E-state index in [9.17, 15) is 0 Å². The lowest BCUT2D eigenvalue weighted by Crippen LogP contribution is -2.20. The Morgan fingerprint density at radius 3 is 1.31 bits per heavy atom. The van der Waals surface area contributed by atoms with Crippen LogP contribution in [0.2, 0.25) is 0 Å². The molecule has 2 unspecified atom stereocenters. The molecule has 2 nitrogen and oxygen atoms in total. The zero-order valence-electron chi connectivity index (χ0n) is 18.4. The van der Waals surface area contributed by atoms with Gasteiger partial charge in [-0.25, -0.2) is 0 Å². The summed E-state index contributed by atoms with van der Waals surface area (Å²) < 4.78 is 12.3. The summed E-state index contributed by atoms with van der Waals surface area (Å²) >= 11 is 3.96. The summed E-state index contributed by atoms with van der Waals surface area (Å²) in [5, 5.41) is 1.38. The van der Waals surface area contributed by atoms with Gasteiger partial charge in [-0.1, -0.05) is 38.1 Å². The van der Waals surface area contributed by atoms with Crippen LogP contribution in [-0.4, -0.2) is 35.2 Å². The van der Waals surface area contributed by atoms with Crippen molar-refractivity contribution in [2.75, 3.05) is 24.7 Å². The zero-order chi connectivity index (χ0) is 20.8. The van der Waals surface area contributed by atoms with Gasteiger partial charge in [0.25, 0.3) is 0 Å². The van der Waals surface area contributed by atoms with Crippen LogP contribution in [0, 0.1) is 27.7 Å². The van der Waals surface area contributed by atoms with E-state index < -0.39 is 0 Å². The molecule has 29 heavy (non-hydrogen) atoms.